The van der Waals surface area contributed by atoms with Gasteiger partial charge >= 0.3 is 47.8 Å². The van der Waals surface area contributed by atoms with E-state index in [0.29, 0.717) is 0 Å². The molecule has 2 fully saturated rings. The molecular formula is C52H86O19. The summed E-state index contributed by atoms with van der Waals surface area (Å²) < 4.78 is 68.3. The first kappa shape index (κ1) is 62.8. The minimum absolute atomic E-state index is 0.644. The van der Waals surface area contributed by atoms with Gasteiger partial charge in [0.1, 0.15) is 31.5 Å². The van der Waals surface area contributed by atoms with E-state index in [9.17, 15) is 38.4 Å². The van der Waals surface area contributed by atoms with Gasteiger partial charge < -0.3 is 52.1 Å². The lowest BCUT2D eigenvalue weighted by atomic mass is 9.92. The first-order valence-electron chi connectivity index (χ1n) is 24.2. The van der Waals surface area contributed by atoms with Crippen molar-refractivity contribution in [3.8, 4) is 0 Å². The zero-order valence-electron chi connectivity index (χ0n) is 46.9. The van der Waals surface area contributed by atoms with Crippen LogP contribution < -0.4 is 0 Å². The van der Waals surface area contributed by atoms with Gasteiger partial charge in [0.25, 0.3) is 0 Å². The van der Waals surface area contributed by atoms with Gasteiger partial charge in [-0.05, 0) is 166 Å². The Morgan fingerprint density at radius 3 is 0.817 bits per heavy atom. The summed E-state index contributed by atoms with van der Waals surface area (Å²) in [6.45, 7) is 36.5. The summed E-state index contributed by atoms with van der Waals surface area (Å²) in [6.07, 6.45) is -17.6. The molecule has 0 bridgehead atoms. The molecular weight excluding hydrogens is 929 g/mol. The molecule has 0 radical (unpaired) electrons. The van der Waals surface area contributed by atoms with E-state index in [1.54, 1.807) is 166 Å². The van der Waals surface area contributed by atoms with Crippen molar-refractivity contribution >= 4 is 47.8 Å². The Balaban J connectivity index is 3.24. The molecule has 19 nitrogen and oxygen atoms in total. The molecule has 408 valence electrons. The molecule has 0 aromatic rings. The standard InChI is InChI=1S/C52H86O19/c1-45(2,3)37(53)61-25-27-29(31(67-40(56)48(10,11)12)34(70-43(59)51(19,20)21)36(64-27)71-44(60)52(22,23)24)65-35-33(69-42(58)50(16,17)18)32(68-41(57)49(13,14)15)30(66-39(55)47(7,8)9)28(63-35)26-62-38(54)46(4,5)6/h27-36H,25-26H2,1-24H3/t27?,28?,29-,30+,31?,32?,33?,34?,35+,36?/m1/s1. The summed E-state index contributed by atoms with van der Waals surface area (Å²) in [5, 5.41) is 0. The van der Waals surface area contributed by atoms with E-state index in [1.165, 1.54) is 0 Å². The van der Waals surface area contributed by atoms with Crippen LogP contribution in [0.1, 0.15) is 166 Å². The minimum Gasteiger partial charge on any atom is -0.462 e. The van der Waals surface area contributed by atoms with Crippen LogP contribution in [0, 0.1) is 43.3 Å². The van der Waals surface area contributed by atoms with Crippen LogP contribution in [0.25, 0.3) is 0 Å². The Hall–Kier alpha value is -4.36. The highest BCUT2D eigenvalue weighted by atomic mass is 16.8. The Labute approximate surface area is 421 Å². The predicted octanol–water partition coefficient (Wildman–Crippen LogP) is 7.38. The molecule has 19 heteroatoms. The van der Waals surface area contributed by atoms with Gasteiger partial charge in [0.2, 0.25) is 12.4 Å². The molecule has 0 spiro atoms. The van der Waals surface area contributed by atoms with Gasteiger partial charge in [-0.1, -0.05) is 0 Å². The maximum atomic E-state index is 14.2. The van der Waals surface area contributed by atoms with Crippen molar-refractivity contribution in [3.63, 3.8) is 0 Å². The van der Waals surface area contributed by atoms with Crippen LogP contribution in [-0.4, -0.2) is 122 Å². The highest BCUT2D eigenvalue weighted by molar-refractivity contribution is 5.79. The molecule has 0 amide bonds. The lowest BCUT2D eigenvalue weighted by Gasteiger charge is -2.49. The van der Waals surface area contributed by atoms with E-state index < -0.39 is 166 Å². The number of rotatable bonds is 12. The third-order valence-corrected chi connectivity index (χ3v) is 10.6. The highest BCUT2D eigenvalue weighted by Gasteiger charge is 2.60. The molecule has 71 heavy (non-hydrogen) atoms. The Bertz CT molecular complexity index is 1930. The fraction of sp³-hybridized carbons (Fsp3) is 0.846. The lowest BCUT2D eigenvalue weighted by molar-refractivity contribution is -0.360. The normalized spacial score (nSPS) is 26.0. The van der Waals surface area contributed by atoms with Gasteiger partial charge in [-0.3, -0.25) is 38.4 Å². The molecule has 0 aromatic heterocycles. The molecule has 0 N–H and O–H groups in total. The van der Waals surface area contributed by atoms with Gasteiger partial charge in [0.15, 0.2) is 30.7 Å². The largest absolute Gasteiger partial charge is 0.462 e. The van der Waals surface area contributed by atoms with Gasteiger partial charge in [-0.25, -0.2) is 0 Å². The predicted molar refractivity (Wildman–Crippen MR) is 255 cm³/mol. The summed E-state index contributed by atoms with van der Waals surface area (Å²) >= 11 is 0. The summed E-state index contributed by atoms with van der Waals surface area (Å²) in [5.74, 6) is -6.44. The molecule has 2 aliphatic heterocycles. The first-order chi connectivity index (χ1) is 31.6. The van der Waals surface area contributed by atoms with Crippen molar-refractivity contribution in [3.05, 3.63) is 0 Å². The van der Waals surface area contributed by atoms with Crippen molar-refractivity contribution in [2.45, 2.75) is 228 Å². The van der Waals surface area contributed by atoms with E-state index in [0.717, 1.165) is 0 Å². The van der Waals surface area contributed by atoms with Crippen LogP contribution >= 0.6 is 0 Å². The molecule has 7 unspecified atom stereocenters. The Kier molecular flexibility index (Phi) is 19.8. The maximum Gasteiger partial charge on any atom is 0.313 e. The fourth-order valence-electron chi connectivity index (χ4n) is 5.74. The SMILES string of the molecule is CC(C)(C)C(=O)OCC1OC(OC(=O)C(C)(C)C)C(OC(=O)C(C)(C)C)C(OC(=O)C(C)(C)C)[C@@H]1O[C@@H]1OC(COC(=O)C(C)(C)C)[C@H](OC(=O)C(C)(C)C)C(OC(=O)C(C)(C)C)C1OC(=O)C(C)(C)C. The number of hydrogen-bond acceptors (Lipinski definition) is 19. The van der Waals surface area contributed by atoms with Gasteiger partial charge in [0, 0.05) is 0 Å². The molecule has 10 atom stereocenters. The fourth-order valence-corrected chi connectivity index (χ4v) is 5.74. The van der Waals surface area contributed by atoms with Crippen molar-refractivity contribution in [2.24, 2.45) is 43.3 Å². The quantitative estimate of drug-likeness (QED) is 0.137. The summed E-state index contributed by atoms with van der Waals surface area (Å²) in [4.78, 5) is 111. The molecule has 2 saturated heterocycles. The molecule has 2 aliphatic rings. The van der Waals surface area contributed by atoms with Gasteiger partial charge in [-0.15, -0.1) is 0 Å². The second-order valence-electron chi connectivity index (χ2n) is 26.6. The van der Waals surface area contributed by atoms with Gasteiger partial charge in [-0.2, -0.15) is 0 Å². The molecule has 0 aromatic carbocycles. The number of carbonyl (C=O) groups is 8. The average Bonchev–Trinajstić information content (AvgIpc) is 3.16. The average molecular weight is 1020 g/mol. The van der Waals surface area contributed by atoms with Crippen molar-refractivity contribution < 1.29 is 90.5 Å². The Morgan fingerprint density at radius 1 is 0.282 bits per heavy atom. The van der Waals surface area contributed by atoms with E-state index >= 15 is 0 Å². The third kappa shape index (κ3) is 18.0. The van der Waals surface area contributed by atoms with Crippen molar-refractivity contribution in [2.75, 3.05) is 13.2 Å². The molecule has 2 heterocycles. The first-order valence-corrected chi connectivity index (χ1v) is 24.2. The number of hydrogen-bond donors (Lipinski definition) is 0. The van der Waals surface area contributed by atoms with Crippen molar-refractivity contribution in [1.29, 1.82) is 0 Å². The van der Waals surface area contributed by atoms with Gasteiger partial charge in [0.05, 0.1) is 43.3 Å². The topological polar surface area (TPSA) is 238 Å². The van der Waals surface area contributed by atoms with E-state index in [4.69, 9.17) is 52.1 Å². The molecule has 0 saturated carbocycles. The maximum absolute atomic E-state index is 14.2. The number of esters is 8. The molecule has 2 rings (SSSR count). The highest BCUT2D eigenvalue weighted by Crippen LogP contribution is 2.40. The summed E-state index contributed by atoms with van der Waals surface area (Å²) in [6, 6.07) is 0. The zero-order valence-corrected chi connectivity index (χ0v) is 46.9. The number of carbonyl (C=O) groups excluding carboxylic acids is 8. The Morgan fingerprint density at radius 2 is 0.507 bits per heavy atom. The van der Waals surface area contributed by atoms with Crippen LogP contribution in [0.5, 0.6) is 0 Å². The van der Waals surface area contributed by atoms with Crippen LogP contribution in [0.3, 0.4) is 0 Å². The van der Waals surface area contributed by atoms with Crippen LogP contribution in [0.15, 0.2) is 0 Å². The second kappa shape index (κ2) is 22.4. The van der Waals surface area contributed by atoms with E-state index in [2.05, 4.69) is 0 Å². The second-order valence-corrected chi connectivity index (χ2v) is 26.6. The smallest absolute Gasteiger partial charge is 0.313 e. The van der Waals surface area contributed by atoms with E-state index in [-0.39, 0.29) is 0 Å². The van der Waals surface area contributed by atoms with E-state index in [1.807, 2.05) is 0 Å². The van der Waals surface area contributed by atoms with Crippen LogP contribution in [-0.2, 0) is 90.5 Å². The number of ether oxygens (including phenoxy) is 11. The zero-order chi connectivity index (χ0) is 55.6. The summed E-state index contributed by atoms with van der Waals surface area (Å²) in [5.41, 5.74) is -9.31. The molecule has 0 aliphatic carbocycles. The van der Waals surface area contributed by atoms with Crippen LogP contribution in [0.4, 0.5) is 0 Å². The lowest BCUT2D eigenvalue weighted by Crippen LogP contribution is -2.68. The van der Waals surface area contributed by atoms with Crippen molar-refractivity contribution in [1.82, 2.24) is 0 Å². The third-order valence-electron chi connectivity index (χ3n) is 10.6. The van der Waals surface area contributed by atoms with Crippen LogP contribution in [0.2, 0.25) is 0 Å². The monoisotopic (exact) mass is 1010 g/mol. The minimum atomic E-state index is -1.96. The summed E-state index contributed by atoms with van der Waals surface area (Å²) in [7, 11) is 0.